The van der Waals surface area contributed by atoms with Crippen molar-refractivity contribution in [2.24, 2.45) is 0 Å². The smallest absolute Gasteiger partial charge is 0.408 e. The number of rotatable bonds is 3. The van der Waals surface area contributed by atoms with Gasteiger partial charge in [0.1, 0.15) is 17.1 Å². The molecule has 0 aliphatic carbocycles. The van der Waals surface area contributed by atoms with E-state index in [1.807, 2.05) is 26.2 Å². The Kier molecular flexibility index (Phi) is 7.09. The van der Waals surface area contributed by atoms with Gasteiger partial charge in [-0.15, -0.1) is 11.3 Å². The van der Waals surface area contributed by atoms with Crippen molar-refractivity contribution in [2.75, 3.05) is 5.73 Å². The van der Waals surface area contributed by atoms with Crippen molar-refractivity contribution in [2.45, 2.75) is 53.2 Å². The molecule has 2 aromatic rings. The molecule has 0 radical (unpaired) electrons. The van der Waals surface area contributed by atoms with E-state index in [4.69, 9.17) is 14.9 Å². The van der Waals surface area contributed by atoms with Crippen molar-refractivity contribution < 1.29 is 13.9 Å². The first-order chi connectivity index (χ1) is 10.7. The van der Waals surface area contributed by atoms with Crippen LogP contribution in [0, 0.1) is 0 Å². The van der Waals surface area contributed by atoms with Gasteiger partial charge in [0.25, 0.3) is 0 Å². The van der Waals surface area contributed by atoms with Gasteiger partial charge in [-0.3, -0.25) is 0 Å². The maximum atomic E-state index is 11.5. The van der Waals surface area contributed by atoms with Gasteiger partial charge in [0.2, 0.25) is 0 Å². The Morgan fingerprint density at radius 1 is 1.39 bits per heavy atom. The van der Waals surface area contributed by atoms with Gasteiger partial charge in [-0.25, -0.2) is 9.78 Å². The van der Waals surface area contributed by atoms with E-state index >= 15 is 0 Å². The van der Waals surface area contributed by atoms with E-state index < -0.39 is 11.7 Å². The summed E-state index contributed by atoms with van der Waals surface area (Å²) in [5, 5.41) is 4.94. The first kappa shape index (κ1) is 19.0. The van der Waals surface area contributed by atoms with Crippen LogP contribution in [0.15, 0.2) is 21.9 Å². The van der Waals surface area contributed by atoms with E-state index in [9.17, 15) is 4.79 Å². The third-order valence-corrected chi connectivity index (χ3v) is 2.92. The molecule has 2 aromatic heterocycles. The van der Waals surface area contributed by atoms with Gasteiger partial charge in [0, 0.05) is 5.38 Å². The van der Waals surface area contributed by atoms with Crippen LogP contribution in [-0.2, 0) is 11.3 Å². The number of nitrogen functional groups attached to an aromatic ring is 1. The van der Waals surface area contributed by atoms with Gasteiger partial charge in [-0.05, 0) is 32.9 Å². The standard InChI is InChI=1S/C13H17N3O3S.C3H8/c1-13(2,3)19-12(17)15-6-8-4-5-10(18-8)9-7-20-11(14)16-9;1-3-2/h4-5,7H,6H2,1-3H3,(H2,14,16)(H,15,17);3H2,1-2H3. The number of carbonyl (C=O) groups is 1. The van der Waals surface area contributed by atoms with E-state index in [0.717, 1.165) is 0 Å². The molecular weight excluding hydrogens is 314 g/mol. The fourth-order valence-electron chi connectivity index (χ4n) is 1.48. The second kappa shape index (κ2) is 8.57. The minimum absolute atomic E-state index is 0.258. The molecule has 0 saturated heterocycles. The maximum absolute atomic E-state index is 11.5. The van der Waals surface area contributed by atoms with Gasteiger partial charge in [0.05, 0.1) is 6.54 Å². The van der Waals surface area contributed by atoms with Crippen LogP contribution in [0.3, 0.4) is 0 Å². The van der Waals surface area contributed by atoms with Crippen LogP contribution in [0.25, 0.3) is 11.5 Å². The number of ether oxygens (including phenoxy) is 1. The third-order valence-electron chi connectivity index (χ3n) is 2.24. The number of nitrogens with one attached hydrogen (secondary N) is 1. The van der Waals surface area contributed by atoms with Gasteiger partial charge < -0.3 is 20.2 Å². The molecule has 0 atom stereocenters. The molecule has 2 heterocycles. The minimum atomic E-state index is -0.517. The van der Waals surface area contributed by atoms with Gasteiger partial charge >= 0.3 is 6.09 Å². The van der Waals surface area contributed by atoms with Crippen molar-refractivity contribution in [3.63, 3.8) is 0 Å². The predicted molar refractivity (Wildman–Crippen MR) is 93.3 cm³/mol. The molecule has 23 heavy (non-hydrogen) atoms. The van der Waals surface area contributed by atoms with Crippen molar-refractivity contribution in [1.29, 1.82) is 0 Å². The topological polar surface area (TPSA) is 90.4 Å². The molecule has 0 aliphatic rings. The van der Waals surface area contributed by atoms with Crippen LogP contribution in [0.2, 0.25) is 0 Å². The van der Waals surface area contributed by atoms with E-state index in [1.54, 1.807) is 12.1 Å². The largest absolute Gasteiger partial charge is 0.458 e. The molecule has 0 aliphatic heterocycles. The van der Waals surface area contributed by atoms with Crippen molar-refractivity contribution in [3.05, 3.63) is 23.3 Å². The number of nitrogens with two attached hydrogens (primary N) is 1. The normalized spacial score (nSPS) is 10.7. The summed E-state index contributed by atoms with van der Waals surface area (Å²) in [5.41, 5.74) is 5.75. The number of anilines is 1. The second-order valence-electron chi connectivity index (χ2n) is 5.90. The van der Waals surface area contributed by atoms with E-state index in [-0.39, 0.29) is 6.54 Å². The molecule has 0 bridgehead atoms. The summed E-state index contributed by atoms with van der Waals surface area (Å²) in [6.07, 6.45) is 0.772. The number of alkyl carbamates (subject to hydrolysis) is 1. The zero-order valence-corrected chi connectivity index (χ0v) is 15.1. The van der Waals surface area contributed by atoms with Crippen molar-refractivity contribution in [3.8, 4) is 11.5 Å². The Bertz CT molecular complexity index is 614. The maximum Gasteiger partial charge on any atom is 0.408 e. The Labute approximate surface area is 141 Å². The number of amides is 1. The Hall–Kier alpha value is -2.02. The summed E-state index contributed by atoms with van der Waals surface area (Å²) in [4.78, 5) is 15.6. The van der Waals surface area contributed by atoms with Crippen LogP contribution in [-0.4, -0.2) is 16.7 Å². The molecule has 0 unspecified atom stereocenters. The van der Waals surface area contributed by atoms with Gasteiger partial charge in [0.15, 0.2) is 10.9 Å². The monoisotopic (exact) mass is 339 g/mol. The molecule has 2 rings (SSSR count). The number of thiazole rings is 1. The van der Waals surface area contributed by atoms with E-state index in [0.29, 0.717) is 22.3 Å². The highest BCUT2D eigenvalue weighted by molar-refractivity contribution is 7.13. The van der Waals surface area contributed by atoms with Crippen LogP contribution in [0.4, 0.5) is 9.93 Å². The average Bonchev–Trinajstić information content (AvgIpc) is 3.04. The molecule has 0 fully saturated rings. The lowest BCUT2D eigenvalue weighted by molar-refractivity contribution is 0.0520. The van der Waals surface area contributed by atoms with Crippen LogP contribution in [0.1, 0.15) is 46.8 Å². The fraction of sp³-hybridized carbons (Fsp3) is 0.500. The first-order valence-corrected chi connectivity index (χ1v) is 8.40. The molecule has 7 heteroatoms. The molecular formula is C16H25N3O3S. The van der Waals surface area contributed by atoms with E-state index in [1.165, 1.54) is 17.8 Å². The molecule has 0 saturated carbocycles. The third kappa shape index (κ3) is 7.19. The number of hydrogen-bond donors (Lipinski definition) is 2. The lowest BCUT2D eigenvalue weighted by atomic mass is 10.2. The quantitative estimate of drug-likeness (QED) is 0.863. The molecule has 0 spiro atoms. The van der Waals surface area contributed by atoms with Gasteiger partial charge in [-0.2, -0.15) is 0 Å². The molecule has 128 valence electrons. The van der Waals surface area contributed by atoms with Crippen LogP contribution in [0.5, 0.6) is 0 Å². The van der Waals surface area contributed by atoms with E-state index in [2.05, 4.69) is 24.1 Å². The number of carbonyl (C=O) groups excluding carboxylic acids is 1. The highest BCUT2D eigenvalue weighted by atomic mass is 32.1. The average molecular weight is 339 g/mol. The van der Waals surface area contributed by atoms with Crippen molar-refractivity contribution >= 4 is 22.6 Å². The summed E-state index contributed by atoms with van der Waals surface area (Å²) in [6, 6.07) is 3.57. The van der Waals surface area contributed by atoms with Crippen LogP contribution < -0.4 is 11.1 Å². The molecule has 3 N–H and O–H groups in total. The molecule has 6 nitrogen and oxygen atoms in total. The summed E-state index contributed by atoms with van der Waals surface area (Å²) in [7, 11) is 0. The highest BCUT2D eigenvalue weighted by Crippen LogP contribution is 2.24. The second-order valence-corrected chi connectivity index (χ2v) is 6.79. The molecule has 1 amide bonds. The number of aromatic nitrogens is 1. The van der Waals surface area contributed by atoms with Crippen molar-refractivity contribution in [1.82, 2.24) is 10.3 Å². The summed E-state index contributed by atoms with van der Waals surface area (Å²) >= 11 is 1.35. The van der Waals surface area contributed by atoms with Gasteiger partial charge in [-0.1, -0.05) is 20.3 Å². The highest BCUT2D eigenvalue weighted by Gasteiger charge is 2.16. The lowest BCUT2D eigenvalue weighted by Gasteiger charge is -2.19. The first-order valence-electron chi connectivity index (χ1n) is 7.52. The number of nitrogens with zero attached hydrogens (tertiary/aromatic N) is 1. The Morgan fingerprint density at radius 3 is 2.57 bits per heavy atom. The predicted octanol–water partition coefficient (Wildman–Crippen LogP) is 4.43. The zero-order valence-electron chi connectivity index (χ0n) is 14.3. The fourth-order valence-corrected chi connectivity index (χ4v) is 2.04. The zero-order chi connectivity index (χ0) is 17.5. The number of furan rings is 1. The summed E-state index contributed by atoms with van der Waals surface area (Å²) < 4.78 is 10.7. The van der Waals surface area contributed by atoms with Crippen LogP contribution >= 0.6 is 11.3 Å². The Balaban J connectivity index is 0.000000816. The summed E-state index contributed by atoms with van der Waals surface area (Å²) in [5.74, 6) is 1.25. The lowest BCUT2D eigenvalue weighted by Crippen LogP contribution is -2.32. The summed E-state index contributed by atoms with van der Waals surface area (Å²) in [6.45, 7) is 9.94. The minimum Gasteiger partial charge on any atom is -0.458 e. The Morgan fingerprint density at radius 2 is 2.04 bits per heavy atom. The SMILES string of the molecule is CC(C)(C)OC(=O)NCc1ccc(-c2csc(N)n2)o1.CCC. The molecule has 0 aromatic carbocycles. The number of hydrogen-bond acceptors (Lipinski definition) is 6.